The van der Waals surface area contributed by atoms with Crippen molar-refractivity contribution in [3.63, 3.8) is 0 Å². The maximum atomic E-state index is 12.9. The number of piperidine rings is 1. The summed E-state index contributed by atoms with van der Waals surface area (Å²) in [5.74, 6) is -1.24. The van der Waals surface area contributed by atoms with Crippen LogP contribution in [0, 0.1) is 5.92 Å². The average molecular weight is 451 g/mol. The van der Waals surface area contributed by atoms with Crippen molar-refractivity contribution in [3.05, 3.63) is 59.1 Å². The second kappa shape index (κ2) is 9.59. The topological polar surface area (TPSA) is 92.8 Å². The van der Waals surface area contributed by atoms with Crippen LogP contribution in [0.25, 0.3) is 0 Å². The van der Waals surface area contributed by atoms with Crippen LogP contribution in [-0.2, 0) is 19.6 Å². The second-order valence-corrected chi connectivity index (χ2v) is 9.32. The van der Waals surface area contributed by atoms with Gasteiger partial charge in [-0.1, -0.05) is 17.7 Å². The van der Waals surface area contributed by atoms with Gasteiger partial charge in [0.15, 0.2) is 0 Å². The van der Waals surface area contributed by atoms with Crippen LogP contribution in [0.2, 0.25) is 5.02 Å². The lowest BCUT2D eigenvalue weighted by Crippen LogP contribution is -2.43. The largest absolute Gasteiger partial charge is 0.462 e. The number of hydrogen-bond acceptors (Lipinski definition) is 5. The maximum absolute atomic E-state index is 12.9. The molecule has 1 aliphatic rings. The Morgan fingerprint density at radius 3 is 2.63 bits per heavy atom. The molecule has 0 bridgehead atoms. The molecule has 1 heterocycles. The molecular weight excluding hydrogens is 428 g/mol. The Balaban J connectivity index is 1.69. The monoisotopic (exact) mass is 450 g/mol. The summed E-state index contributed by atoms with van der Waals surface area (Å²) in [6.07, 6.45) is 1.16. The molecule has 30 heavy (non-hydrogen) atoms. The highest BCUT2D eigenvalue weighted by Crippen LogP contribution is 2.26. The Kier molecular flexibility index (Phi) is 7.12. The number of carbonyl (C=O) groups excluding carboxylic acids is 2. The Bertz CT molecular complexity index is 1020. The molecule has 0 radical (unpaired) electrons. The first-order valence-corrected chi connectivity index (χ1v) is 11.5. The zero-order valence-corrected chi connectivity index (χ0v) is 18.1. The molecule has 7 nitrogen and oxygen atoms in total. The molecule has 2 aromatic carbocycles. The molecule has 1 amide bonds. The van der Waals surface area contributed by atoms with E-state index >= 15 is 0 Å². The smallest absolute Gasteiger partial charge is 0.338 e. The number of nitrogens with one attached hydrogen (secondary N) is 1. The van der Waals surface area contributed by atoms with E-state index in [2.05, 4.69) is 5.32 Å². The van der Waals surface area contributed by atoms with E-state index in [1.807, 2.05) is 0 Å². The number of ether oxygens (including phenoxy) is 1. The summed E-state index contributed by atoms with van der Waals surface area (Å²) in [7, 11) is -3.71. The number of rotatable bonds is 6. The first-order chi connectivity index (χ1) is 14.3. The highest BCUT2D eigenvalue weighted by Gasteiger charge is 2.33. The average Bonchev–Trinajstić information content (AvgIpc) is 2.74. The van der Waals surface area contributed by atoms with Crippen molar-refractivity contribution in [3.8, 4) is 0 Å². The summed E-state index contributed by atoms with van der Waals surface area (Å²) >= 11 is 5.85. The van der Waals surface area contributed by atoms with Crippen LogP contribution in [0.1, 0.15) is 30.1 Å². The minimum absolute atomic E-state index is 0.0916. The second-order valence-electron chi connectivity index (χ2n) is 6.95. The quantitative estimate of drug-likeness (QED) is 0.679. The van der Waals surface area contributed by atoms with E-state index in [1.165, 1.54) is 28.6 Å². The highest BCUT2D eigenvalue weighted by atomic mass is 35.5. The van der Waals surface area contributed by atoms with Crippen LogP contribution in [0.4, 0.5) is 5.69 Å². The van der Waals surface area contributed by atoms with E-state index in [0.717, 1.165) is 0 Å². The molecule has 1 aliphatic heterocycles. The normalized spacial score (nSPS) is 17.3. The van der Waals surface area contributed by atoms with E-state index in [4.69, 9.17) is 16.3 Å². The fourth-order valence-electron chi connectivity index (χ4n) is 3.31. The standard InChI is InChI=1S/C21H23ClN2O5S/c1-2-29-21(26)15-5-3-7-18(13-15)23-20(25)16-6-4-12-24(14-16)30(27,28)19-10-8-17(22)9-11-19/h3,5,7-11,13,16H,2,4,6,12,14H2,1H3,(H,23,25)/t16-/m1/s1. The number of amides is 1. The predicted molar refractivity (Wildman–Crippen MR) is 114 cm³/mol. The number of benzene rings is 2. The Morgan fingerprint density at radius 2 is 1.93 bits per heavy atom. The zero-order valence-electron chi connectivity index (χ0n) is 16.5. The lowest BCUT2D eigenvalue weighted by atomic mass is 9.98. The van der Waals surface area contributed by atoms with Crippen molar-refractivity contribution in [2.24, 2.45) is 5.92 Å². The van der Waals surface area contributed by atoms with Crippen molar-refractivity contribution in [1.82, 2.24) is 4.31 Å². The Labute approximate surface area is 181 Å². The molecule has 1 saturated heterocycles. The van der Waals surface area contributed by atoms with E-state index < -0.39 is 21.9 Å². The maximum Gasteiger partial charge on any atom is 0.338 e. The molecule has 1 N–H and O–H groups in total. The van der Waals surface area contributed by atoms with Crippen LogP contribution in [0.15, 0.2) is 53.4 Å². The molecular formula is C21H23ClN2O5S. The van der Waals surface area contributed by atoms with Gasteiger partial charge < -0.3 is 10.1 Å². The van der Waals surface area contributed by atoms with E-state index in [1.54, 1.807) is 31.2 Å². The molecule has 1 fully saturated rings. The number of carbonyl (C=O) groups is 2. The summed E-state index contributed by atoms with van der Waals surface area (Å²) in [5.41, 5.74) is 0.800. The molecule has 2 aromatic rings. The van der Waals surface area contributed by atoms with Gasteiger partial charge in [0.1, 0.15) is 0 Å². The molecule has 1 atom stereocenters. The number of esters is 1. The third kappa shape index (κ3) is 5.19. The zero-order chi connectivity index (χ0) is 21.7. The molecule has 0 spiro atoms. The first-order valence-electron chi connectivity index (χ1n) is 9.65. The lowest BCUT2D eigenvalue weighted by Gasteiger charge is -2.31. The first kappa shape index (κ1) is 22.3. The van der Waals surface area contributed by atoms with Crippen LogP contribution < -0.4 is 5.32 Å². The van der Waals surface area contributed by atoms with Crippen LogP contribution >= 0.6 is 11.6 Å². The van der Waals surface area contributed by atoms with E-state index in [9.17, 15) is 18.0 Å². The van der Waals surface area contributed by atoms with Gasteiger partial charge in [0, 0.05) is 23.8 Å². The van der Waals surface area contributed by atoms with Gasteiger partial charge in [-0.2, -0.15) is 4.31 Å². The van der Waals surface area contributed by atoms with Crippen molar-refractivity contribution < 1.29 is 22.7 Å². The van der Waals surface area contributed by atoms with Crippen LogP contribution in [0.3, 0.4) is 0 Å². The number of hydrogen-bond donors (Lipinski definition) is 1. The van der Waals surface area contributed by atoms with Crippen LogP contribution in [0.5, 0.6) is 0 Å². The van der Waals surface area contributed by atoms with Crippen molar-refractivity contribution in [2.45, 2.75) is 24.7 Å². The third-order valence-corrected chi connectivity index (χ3v) is 6.98. The fraction of sp³-hybridized carbons (Fsp3) is 0.333. The van der Waals surface area contributed by atoms with E-state index in [-0.39, 0.29) is 24.0 Å². The summed E-state index contributed by atoms with van der Waals surface area (Å²) in [5, 5.41) is 3.24. The summed E-state index contributed by atoms with van der Waals surface area (Å²) in [6, 6.07) is 12.4. The molecule has 160 valence electrons. The molecule has 3 rings (SSSR count). The van der Waals surface area contributed by atoms with Gasteiger partial charge in [0.2, 0.25) is 15.9 Å². The highest BCUT2D eigenvalue weighted by molar-refractivity contribution is 7.89. The van der Waals surface area contributed by atoms with Gasteiger partial charge >= 0.3 is 5.97 Å². The number of halogens is 1. The van der Waals surface area contributed by atoms with Gasteiger partial charge in [0.05, 0.1) is 23.0 Å². The number of anilines is 1. The van der Waals surface area contributed by atoms with Crippen LogP contribution in [-0.4, -0.2) is 44.3 Å². The molecule has 0 unspecified atom stereocenters. The van der Waals surface area contributed by atoms with Gasteiger partial charge in [-0.25, -0.2) is 13.2 Å². The van der Waals surface area contributed by atoms with Gasteiger partial charge in [0.25, 0.3) is 0 Å². The van der Waals surface area contributed by atoms with Crippen molar-refractivity contribution >= 4 is 39.2 Å². The minimum atomic E-state index is -3.71. The van der Waals surface area contributed by atoms with Gasteiger partial charge in [-0.15, -0.1) is 0 Å². The SMILES string of the molecule is CCOC(=O)c1cccc(NC(=O)[C@@H]2CCCN(S(=O)(=O)c3ccc(Cl)cc3)C2)c1. The predicted octanol–water partition coefficient (Wildman–Crippen LogP) is 3.56. The summed E-state index contributed by atoms with van der Waals surface area (Å²) in [6.45, 7) is 2.42. The molecule has 0 aliphatic carbocycles. The summed E-state index contributed by atoms with van der Waals surface area (Å²) in [4.78, 5) is 24.8. The van der Waals surface area contributed by atoms with Gasteiger partial charge in [-0.3, -0.25) is 4.79 Å². The Morgan fingerprint density at radius 1 is 1.20 bits per heavy atom. The summed E-state index contributed by atoms with van der Waals surface area (Å²) < 4.78 is 32.1. The number of nitrogens with zero attached hydrogens (tertiary/aromatic N) is 1. The minimum Gasteiger partial charge on any atom is -0.462 e. The number of sulfonamides is 1. The Hall–Kier alpha value is -2.42. The van der Waals surface area contributed by atoms with E-state index in [0.29, 0.717) is 35.7 Å². The molecule has 9 heteroatoms. The third-order valence-electron chi connectivity index (χ3n) is 4.85. The van der Waals surface area contributed by atoms with Crippen molar-refractivity contribution in [1.29, 1.82) is 0 Å². The molecule has 0 aromatic heterocycles. The lowest BCUT2D eigenvalue weighted by molar-refractivity contribution is -0.120. The molecule has 0 saturated carbocycles. The fourth-order valence-corrected chi connectivity index (χ4v) is 4.96. The van der Waals surface area contributed by atoms with Gasteiger partial charge in [-0.05, 0) is 62.2 Å². The van der Waals surface area contributed by atoms with Crippen molar-refractivity contribution in [2.75, 3.05) is 25.0 Å².